The maximum atomic E-state index is 11.6. The molecule has 0 aromatic heterocycles. The molecule has 0 fully saturated rings. The second kappa shape index (κ2) is 7.94. The Morgan fingerprint density at radius 2 is 2.05 bits per heavy atom. The van der Waals surface area contributed by atoms with Crippen LogP contribution in [0.1, 0.15) is 22.3 Å². The Hall–Kier alpha value is -2.36. The molecule has 0 aliphatic carbocycles. The Bertz CT molecular complexity index is 558. The summed E-state index contributed by atoms with van der Waals surface area (Å²) in [4.78, 5) is 23.0. The molecule has 0 saturated carbocycles. The van der Waals surface area contributed by atoms with E-state index >= 15 is 0 Å². The van der Waals surface area contributed by atoms with Crippen molar-refractivity contribution in [1.29, 1.82) is 0 Å². The minimum atomic E-state index is -0.522. The van der Waals surface area contributed by atoms with Gasteiger partial charge in [-0.2, -0.15) is 0 Å². The highest BCUT2D eigenvalue weighted by atomic mass is 16.5. The van der Waals surface area contributed by atoms with Gasteiger partial charge in [-0.3, -0.25) is 4.79 Å². The van der Waals surface area contributed by atoms with Gasteiger partial charge < -0.3 is 20.9 Å². The van der Waals surface area contributed by atoms with Crippen LogP contribution >= 0.6 is 0 Å². The van der Waals surface area contributed by atoms with Crippen LogP contribution in [-0.2, 0) is 9.53 Å². The fourth-order valence-electron chi connectivity index (χ4n) is 1.42. The van der Waals surface area contributed by atoms with Gasteiger partial charge in [-0.1, -0.05) is 11.8 Å². The Kier molecular flexibility index (Phi) is 6.23. The first kappa shape index (κ1) is 15.7. The van der Waals surface area contributed by atoms with E-state index in [1.165, 1.54) is 25.3 Å². The van der Waals surface area contributed by atoms with Crippen molar-refractivity contribution >= 4 is 11.9 Å². The monoisotopic (exact) mass is 276 g/mol. The summed E-state index contributed by atoms with van der Waals surface area (Å²) in [5, 5.41) is 0. The zero-order valence-corrected chi connectivity index (χ0v) is 11.1. The first-order chi connectivity index (χ1) is 9.62. The van der Waals surface area contributed by atoms with E-state index in [0.29, 0.717) is 5.56 Å². The van der Waals surface area contributed by atoms with Crippen LogP contribution in [0.2, 0.25) is 0 Å². The molecule has 0 aliphatic heterocycles. The van der Waals surface area contributed by atoms with Crippen LogP contribution in [0.25, 0.3) is 0 Å². The summed E-state index contributed by atoms with van der Waals surface area (Å²) in [6.07, 6.45) is 0.114. The fraction of sp³-hybridized carbons (Fsp3) is 0.286. The van der Waals surface area contributed by atoms with E-state index in [1.54, 1.807) is 0 Å². The first-order valence-electron chi connectivity index (χ1n) is 5.94. The number of benzene rings is 1. The van der Waals surface area contributed by atoms with Crippen molar-refractivity contribution in [3.05, 3.63) is 29.3 Å². The van der Waals surface area contributed by atoms with Crippen molar-refractivity contribution in [2.45, 2.75) is 6.42 Å². The number of esters is 2. The zero-order valence-electron chi connectivity index (χ0n) is 11.1. The van der Waals surface area contributed by atoms with Gasteiger partial charge in [0, 0.05) is 12.1 Å². The van der Waals surface area contributed by atoms with Crippen molar-refractivity contribution in [2.75, 3.05) is 20.2 Å². The van der Waals surface area contributed by atoms with Crippen LogP contribution in [0.4, 0.5) is 0 Å². The topological polar surface area (TPSA) is 105 Å². The number of ether oxygens (including phenoxy) is 2. The molecule has 1 aromatic rings. The number of nitrogens with two attached hydrogens (primary N) is 2. The van der Waals surface area contributed by atoms with Crippen LogP contribution in [0.15, 0.2) is 18.2 Å². The SMILES string of the molecule is COC(=O)c1ccc(OC(=O)CCN)cc1C#CCN. The maximum Gasteiger partial charge on any atom is 0.339 e. The minimum Gasteiger partial charge on any atom is -0.465 e. The Labute approximate surface area is 117 Å². The van der Waals surface area contributed by atoms with Crippen LogP contribution in [0.3, 0.4) is 0 Å². The van der Waals surface area contributed by atoms with Crippen LogP contribution in [0, 0.1) is 11.8 Å². The van der Waals surface area contributed by atoms with Gasteiger partial charge in [0.2, 0.25) is 0 Å². The number of methoxy groups -OCH3 is 1. The number of rotatable bonds is 4. The summed E-state index contributed by atoms with van der Waals surface area (Å²) in [6, 6.07) is 4.47. The summed E-state index contributed by atoms with van der Waals surface area (Å²) in [7, 11) is 1.28. The highest BCUT2D eigenvalue weighted by Crippen LogP contribution is 2.18. The zero-order chi connectivity index (χ0) is 15.0. The van der Waals surface area contributed by atoms with E-state index in [2.05, 4.69) is 16.6 Å². The normalized spacial score (nSPS) is 9.35. The summed E-state index contributed by atoms with van der Waals surface area (Å²) < 4.78 is 9.73. The summed E-state index contributed by atoms with van der Waals surface area (Å²) in [5.74, 6) is 4.70. The summed E-state index contributed by atoms with van der Waals surface area (Å²) >= 11 is 0. The summed E-state index contributed by atoms with van der Waals surface area (Å²) in [5.41, 5.74) is 11.2. The van der Waals surface area contributed by atoms with Gasteiger partial charge >= 0.3 is 11.9 Å². The average Bonchev–Trinajstić information content (AvgIpc) is 2.44. The number of hydrogen-bond acceptors (Lipinski definition) is 6. The van der Waals surface area contributed by atoms with Crippen LogP contribution in [0.5, 0.6) is 5.75 Å². The third-order valence-electron chi connectivity index (χ3n) is 2.30. The predicted molar refractivity (Wildman–Crippen MR) is 73.0 cm³/mol. The predicted octanol–water partition coefficient (Wildman–Crippen LogP) is 0.0376. The molecule has 0 heterocycles. The fourth-order valence-corrected chi connectivity index (χ4v) is 1.42. The molecule has 0 unspecified atom stereocenters. The van der Waals surface area contributed by atoms with E-state index in [1.807, 2.05) is 0 Å². The van der Waals surface area contributed by atoms with E-state index in [0.717, 1.165) is 0 Å². The van der Waals surface area contributed by atoms with Crippen LogP contribution in [-0.4, -0.2) is 32.1 Å². The average molecular weight is 276 g/mol. The van der Waals surface area contributed by atoms with Crippen molar-refractivity contribution in [2.24, 2.45) is 11.5 Å². The smallest absolute Gasteiger partial charge is 0.339 e. The maximum absolute atomic E-state index is 11.6. The van der Waals surface area contributed by atoms with Gasteiger partial charge in [-0.25, -0.2) is 4.79 Å². The van der Waals surface area contributed by atoms with Crippen molar-refractivity contribution in [3.63, 3.8) is 0 Å². The molecule has 4 N–H and O–H groups in total. The molecule has 0 radical (unpaired) electrons. The molecule has 0 atom stereocenters. The van der Waals surface area contributed by atoms with Gasteiger partial charge in [0.05, 0.1) is 25.6 Å². The second-order valence-corrected chi connectivity index (χ2v) is 3.72. The molecular weight excluding hydrogens is 260 g/mol. The van der Waals surface area contributed by atoms with E-state index in [-0.39, 0.29) is 30.8 Å². The Morgan fingerprint density at radius 3 is 2.65 bits per heavy atom. The minimum absolute atomic E-state index is 0.114. The lowest BCUT2D eigenvalue weighted by Gasteiger charge is -2.07. The molecule has 0 bridgehead atoms. The number of carbonyl (C=O) groups excluding carboxylic acids is 2. The third kappa shape index (κ3) is 4.39. The third-order valence-corrected chi connectivity index (χ3v) is 2.30. The lowest BCUT2D eigenvalue weighted by atomic mass is 10.1. The first-order valence-corrected chi connectivity index (χ1v) is 5.94. The largest absolute Gasteiger partial charge is 0.465 e. The highest BCUT2D eigenvalue weighted by Gasteiger charge is 2.13. The standard InChI is InChI=1S/C14H16N2O4/c1-19-14(18)12-5-4-11(20-13(17)6-8-16)9-10(12)3-2-7-15/h4-5,9H,6-8,15-16H2,1H3. The van der Waals surface area contributed by atoms with E-state index in [4.69, 9.17) is 16.2 Å². The lowest BCUT2D eigenvalue weighted by Crippen LogP contribution is -2.14. The van der Waals surface area contributed by atoms with Gasteiger partial charge in [0.15, 0.2) is 0 Å². The molecule has 20 heavy (non-hydrogen) atoms. The van der Waals surface area contributed by atoms with Gasteiger partial charge in [-0.05, 0) is 18.2 Å². The molecule has 0 saturated heterocycles. The molecule has 0 aliphatic rings. The molecule has 0 amide bonds. The highest BCUT2D eigenvalue weighted by molar-refractivity contribution is 5.92. The Balaban J connectivity index is 3.07. The Morgan fingerprint density at radius 1 is 1.30 bits per heavy atom. The molecule has 106 valence electrons. The summed E-state index contributed by atoms with van der Waals surface area (Å²) in [6.45, 7) is 0.358. The molecule has 1 rings (SSSR count). The van der Waals surface area contributed by atoms with E-state index < -0.39 is 11.9 Å². The molecule has 6 heteroatoms. The molecule has 1 aromatic carbocycles. The van der Waals surface area contributed by atoms with Crippen LogP contribution < -0.4 is 16.2 Å². The van der Waals surface area contributed by atoms with E-state index in [9.17, 15) is 9.59 Å². The number of hydrogen-bond donors (Lipinski definition) is 2. The lowest BCUT2D eigenvalue weighted by molar-refractivity contribution is -0.134. The molecule has 0 spiro atoms. The van der Waals surface area contributed by atoms with Gasteiger partial charge in [-0.15, -0.1) is 0 Å². The number of carbonyl (C=O) groups is 2. The molecular formula is C14H16N2O4. The van der Waals surface area contributed by atoms with Crippen molar-refractivity contribution in [1.82, 2.24) is 0 Å². The van der Waals surface area contributed by atoms with Crippen molar-refractivity contribution in [3.8, 4) is 17.6 Å². The second-order valence-electron chi connectivity index (χ2n) is 3.72. The molecule has 6 nitrogen and oxygen atoms in total. The quantitative estimate of drug-likeness (QED) is 0.457. The van der Waals surface area contributed by atoms with Gasteiger partial charge in [0.1, 0.15) is 5.75 Å². The van der Waals surface area contributed by atoms with Gasteiger partial charge in [0.25, 0.3) is 0 Å². The van der Waals surface area contributed by atoms with Crippen molar-refractivity contribution < 1.29 is 19.1 Å².